The van der Waals surface area contributed by atoms with E-state index in [0.29, 0.717) is 12.5 Å². The molecule has 1 unspecified atom stereocenters. The van der Waals surface area contributed by atoms with Crippen LogP contribution < -0.4 is 5.73 Å². The molecular formula is C13H26N4O2S. The van der Waals surface area contributed by atoms with Crippen LogP contribution in [0.15, 0.2) is 11.1 Å². The third-order valence-corrected chi connectivity index (χ3v) is 5.29. The Morgan fingerprint density at radius 3 is 2.50 bits per heavy atom. The molecule has 0 saturated carbocycles. The first-order valence-electron chi connectivity index (χ1n) is 7.01. The van der Waals surface area contributed by atoms with E-state index in [1.54, 1.807) is 11.7 Å². The van der Waals surface area contributed by atoms with E-state index >= 15 is 0 Å². The Morgan fingerprint density at radius 1 is 1.40 bits per heavy atom. The molecule has 0 aliphatic carbocycles. The molecule has 116 valence electrons. The Morgan fingerprint density at radius 2 is 2.00 bits per heavy atom. The summed E-state index contributed by atoms with van der Waals surface area (Å²) in [4.78, 5) is 0.101. The number of rotatable bonds is 7. The van der Waals surface area contributed by atoms with Gasteiger partial charge in [0.15, 0.2) is 5.82 Å². The number of nitrogens with zero attached hydrogens (tertiary/aromatic N) is 3. The van der Waals surface area contributed by atoms with Crippen LogP contribution in [0, 0.1) is 5.92 Å². The van der Waals surface area contributed by atoms with Gasteiger partial charge in [-0.1, -0.05) is 20.8 Å². The van der Waals surface area contributed by atoms with Crippen molar-refractivity contribution in [2.45, 2.75) is 58.0 Å². The van der Waals surface area contributed by atoms with Crippen LogP contribution in [0.4, 0.5) is 5.82 Å². The Labute approximate surface area is 122 Å². The minimum atomic E-state index is -3.59. The van der Waals surface area contributed by atoms with Crippen molar-refractivity contribution < 1.29 is 8.42 Å². The second kappa shape index (κ2) is 6.58. The van der Waals surface area contributed by atoms with E-state index in [2.05, 4.69) is 18.9 Å². The van der Waals surface area contributed by atoms with Crippen LogP contribution in [0.25, 0.3) is 0 Å². The van der Waals surface area contributed by atoms with Crippen LogP contribution in [0.5, 0.6) is 0 Å². The minimum absolute atomic E-state index is 0.0713. The summed E-state index contributed by atoms with van der Waals surface area (Å²) in [5.41, 5.74) is 5.76. The van der Waals surface area contributed by atoms with Crippen molar-refractivity contribution in [1.82, 2.24) is 14.1 Å². The van der Waals surface area contributed by atoms with Crippen molar-refractivity contribution in [1.29, 1.82) is 0 Å². The molecule has 2 N–H and O–H groups in total. The number of aryl methyl sites for hydroxylation is 1. The first-order valence-corrected chi connectivity index (χ1v) is 8.45. The van der Waals surface area contributed by atoms with E-state index in [0.717, 1.165) is 12.8 Å². The third-order valence-electron chi connectivity index (χ3n) is 3.30. The van der Waals surface area contributed by atoms with Gasteiger partial charge in [0.2, 0.25) is 10.0 Å². The Bertz CT molecular complexity index is 537. The number of sulfonamides is 1. The lowest BCUT2D eigenvalue weighted by molar-refractivity contribution is 0.338. The van der Waals surface area contributed by atoms with Gasteiger partial charge >= 0.3 is 0 Å². The summed E-state index contributed by atoms with van der Waals surface area (Å²) in [5.74, 6) is 0.504. The van der Waals surface area contributed by atoms with Crippen LogP contribution >= 0.6 is 0 Å². The van der Waals surface area contributed by atoms with Crippen LogP contribution in [0.2, 0.25) is 0 Å². The summed E-state index contributed by atoms with van der Waals surface area (Å²) in [6.07, 6.45) is 3.20. The van der Waals surface area contributed by atoms with Gasteiger partial charge in [0, 0.05) is 25.8 Å². The molecule has 0 spiro atoms. The number of nitrogen functional groups attached to an aromatic ring is 1. The van der Waals surface area contributed by atoms with Gasteiger partial charge in [0.1, 0.15) is 4.90 Å². The maximum Gasteiger partial charge on any atom is 0.248 e. The van der Waals surface area contributed by atoms with Gasteiger partial charge in [-0.05, 0) is 25.7 Å². The Kier molecular flexibility index (Phi) is 5.59. The molecular weight excluding hydrogens is 276 g/mol. The molecule has 1 rings (SSSR count). The minimum Gasteiger partial charge on any atom is -0.381 e. The first-order chi connectivity index (χ1) is 9.20. The fraction of sp³-hybridized carbons (Fsp3) is 0.769. The predicted molar refractivity (Wildman–Crippen MR) is 80.8 cm³/mol. The number of aromatic nitrogens is 2. The molecule has 0 fully saturated rings. The van der Waals surface area contributed by atoms with Crippen LogP contribution in [-0.2, 0) is 16.6 Å². The van der Waals surface area contributed by atoms with Gasteiger partial charge in [-0.15, -0.1) is 0 Å². The summed E-state index contributed by atoms with van der Waals surface area (Å²) in [6.45, 7) is 8.72. The fourth-order valence-corrected chi connectivity index (χ4v) is 3.61. The van der Waals surface area contributed by atoms with E-state index in [1.165, 1.54) is 10.5 Å². The van der Waals surface area contributed by atoms with Crippen LogP contribution in [0.1, 0.15) is 40.5 Å². The van der Waals surface area contributed by atoms with Gasteiger partial charge in [0.25, 0.3) is 0 Å². The molecule has 0 aromatic carbocycles. The fourth-order valence-electron chi connectivity index (χ4n) is 2.18. The van der Waals surface area contributed by atoms with Crippen molar-refractivity contribution in [3.8, 4) is 0 Å². The molecule has 0 bridgehead atoms. The highest BCUT2D eigenvalue weighted by atomic mass is 32.2. The second-order valence-corrected chi connectivity index (χ2v) is 7.61. The van der Waals surface area contributed by atoms with Gasteiger partial charge < -0.3 is 5.73 Å². The van der Waals surface area contributed by atoms with Crippen molar-refractivity contribution in [3.63, 3.8) is 0 Å². The van der Waals surface area contributed by atoms with E-state index < -0.39 is 10.0 Å². The van der Waals surface area contributed by atoms with Crippen LogP contribution in [-0.4, -0.2) is 35.6 Å². The summed E-state index contributed by atoms with van der Waals surface area (Å²) in [5, 5.41) is 4.06. The molecule has 0 amide bonds. The molecule has 7 heteroatoms. The zero-order valence-electron chi connectivity index (χ0n) is 13.0. The number of hydrogen-bond acceptors (Lipinski definition) is 4. The lowest BCUT2D eigenvalue weighted by Crippen LogP contribution is -2.36. The number of nitrogens with two attached hydrogens (primary N) is 1. The van der Waals surface area contributed by atoms with Crippen LogP contribution in [0.3, 0.4) is 0 Å². The van der Waals surface area contributed by atoms with E-state index in [4.69, 9.17) is 5.73 Å². The lowest BCUT2D eigenvalue weighted by atomic mass is 10.1. The largest absolute Gasteiger partial charge is 0.381 e. The Hall–Kier alpha value is -1.08. The van der Waals surface area contributed by atoms with Gasteiger partial charge in [-0.3, -0.25) is 4.68 Å². The van der Waals surface area contributed by atoms with Crippen molar-refractivity contribution in [2.75, 3.05) is 12.8 Å². The van der Waals surface area contributed by atoms with Gasteiger partial charge in [-0.25, -0.2) is 8.42 Å². The molecule has 0 saturated heterocycles. The average molecular weight is 302 g/mol. The van der Waals surface area contributed by atoms with Gasteiger partial charge in [-0.2, -0.15) is 9.40 Å². The molecule has 6 nitrogen and oxygen atoms in total. The molecule has 1 aromatic rings. The monoisotopic (exact) mass is 302 g/mol. The summed E-state index contributed by atoms with van der Waals surface area (Å²) < 4.78 is 28.1. The van der Waals surface area contributed by atoms with E-state index in [1.807, 2.05) is 13.8 Å². The summed E-state index contributed by atoms with van der Waals surface area (Å²) in [7, 11) is -1.99. The van der Waals surface area contributed by atoms with Crippen molar-refractivity contribution >= 4 is 15.8 Å². The molecule has 1 heterocycles. The van der Waals surface area contributed by atoms with E-state index in [-0.39, 0.29) is 16.8 Å². The molecule has 0 aliphatic heterocycles. The molecule has 20 heavy (non-hydrogen) atoms. The normalized spacial score (nSPS) is 14.2. The maximum absolute atomic E-state index is 12.6. The Balaban J connectivity index is 3.03. The smallest absolute Gasteiger partial charge is 0.248 e. The molecule has 0 aliphatic rings. The predicted octanol–water partition coefficient (Wildman–Crippen LogP) is 1.93. The zero-order valence-corrected chi connectivity index (χ0v) is 13.8. The topological polar surface area (TPSA) is 81.2 Å². The summed E-state index contributed by atoms with van der Waals surface area (Å²) >= 11 is 0. The molecule has 0 radical (unpaired) electrons. The zero-order chi connectivity index (χ0) is 15.5. The average Bonchev–Trinajstić information content (AvgIpc) is 2.69. The second-order valence-electron chi connectivity index (χ2n) is 5.64. The van der Waals surface area contributed by atoms with Gasteiger partial charge in [0.05, 0.1) is 0 Å². The highest BCUT2D eigenvalue weighted by Gasteiger charge is 2.29. The quantitative estimate of drug-likeness (QED) is 0.834. The molecule has 1 aromatic heterocycles. The highest BCUT2D eigenvalue weighted by Crippen LogP contribution is 2.23. The first kappa shape index (κ1) is 17.0. The van der Waals surface area contributed by atoms with Crippen molar-refractivity contribution in [3.05, 3.63) is 6.20 Å². The lowest BCUT2D eigenvalue weighted by Gasteiger charge is -2.25. The highest BCUT2D eigenvalue weighted by molar-refractivity contribution is 7.89. The molecule has 1 atom stereocenters. The summed E-state index contributed by atoms with van der Waals surface area (Å²) in [6, 6.07) is -0.0751. The number of anilines is 1. The third kappa shape index (κ3) is 3.73. The van der Waals surface area contributed by atoms with E-state index in [9.17, 15) is 8.42 Å². The standard InChI is InChI=1S/C13H26N4O2S/c1-6-7-17-9-12(13(14)15-17)20(18,19)16(5)11(4)8-10(2)3/h9-11H,6-8H2,1-5H3,(H2,14,15). The maximum atomic E-state index is 12.6. The number of hydrogen-bond donors (Lipinski definition) is 1. The van der Waals surface area contributed by atoms with Crippen molar-refractivity contribution in [2.24, 2.45) is 5.92 Å². The SMILES string of the molecule is CCCn1cc(S(=O)(=O)N(C)C(C)CC(C)C)c(N)n1.